The first-order valence-electron chi connectivity index (χ1n) is 4.72. The number of nitrogens with one attached hydrogen (secondary N) is 1. The summed E-state index contributed by atoms with van der Waals surface area (Å²) < 4.78 is 0. The Labute approximate surface area is 98.1 Å². The van der Waals surface area contributed by atoms with Gasteiger partial charge in [-0.2, -0.15) is 0 Å². The van der Waals surface area contributed by atoms with Gasteiger partial charge in [0, 0.05) is 6.04 Å². The largest absolute Gasteiger partial charge is 0.393 e. The van der Waals surface area contributed by atoms with Crippen molar-refractivity contribution in [3.63, 3.8) is 0 Å². The summed E-state index contributed by atoms with van der Waals surface area (Å²) in [5.41, 5.74) is 0. The molecule has 0 saturated carbocycles. The zero-order valence-corrected chi connectivity index (χ0v) is 10.2. The van der Waals surface area contributed by atoms with Crippen molar-refractivity contribution in [2.24, 2.45) is 0 Å². The quantitative estimate of drug-likeness (QED) is 0.858. The van der Waals surface area contributed by atoms with Crippen molar-refractivity contribution in [1.29, 1.82) is 0 Å². The summed E-state index contributed by atoms with van der Waals surface area (Å²) in [7, 11) is 0. The van der Waals surface area contributed by atoms with E-state index in [1.165, 1.54) is 11.3 Å². The summed E-state index contributed by atoms with van der Waals surface area (Å²) in [5, 5.41) is 14.2. The first kappa shape index (κ1) is 12.5. The van der Waals surface area contributed by atoms with Crippen LogP contribution < -0.4 is 5.32 Å². The molecule has 0 spiro atoms. The van der Waals surface area contributed by atoms with Gasteiger partial charge in [-0.15, -0.1) is 11.3 Å². The van der Waals surface area contributed by atoms with Crippen LogP contribution in [0, 0.1) is 0 Å². The first-order valence-corrected chi connectivity index (χ1v) is 5.98. The lowest BCUT2D eigenvalue weighted by Gasteiger charge is -2.14. The highest BCUT2D eigenvalue weighted by atomic mass is 35.5. The lowest BCUT2D eigenvalue weighted by atomic mass is 10.1. The van der Waals surface area contributed by atoms with Crippen LogP contribution in [0.15, 0.2) is 11.4 Å². The second-order valence-electron chi connectivity index (χ2n) is 3.56. The molecule has 3 nitrogen and oxygen atoms in total. The molecule has 0 radical (unpaired) electrons. The number of hydrogen-bond acceptors (Lipinski definition) is 3. The van der Waals surface area contributed by atoms with Gasteiger partial charge in [-0.05, 0) is 31.7 Å². The van der Waals surface area contributed by atoms with Crippen LogP contribution in [0.3, 0.4) is 0 Å². The predicted octanol–water partition coefficient (Wildman–Crippen LogP) is 2.29. The summed E-state index contributed by atoms with van der Waals surface area (Å²) in [5.74, 6) is -0.178. The number of carbonyl (C=O) groups excluding carboxylic acids is 1. The minimum absolute atomic E-state index is 0.0596. The van der Waals surface area contributed by atoms with Gasteiger partial charge in [0.25, 0.3) is 5.91 Å². The van der Waals surface area contributed by atoms with E-state index < -0.39 is 6.10 Å². The van der Waals surface area contributed by atoms with Crippen molar-refractivity contribution < 1.29 is 9.90 Å². The highest BCUT2D eigenvalue weighted by molar-refractivity contribution is 7.12. The van der Waals surface area contributed by atoms with E-state index in [4.69, 9.17) is 16.7 Å². The molecule has 2 unspecified atom stereocenters. The van der Waals surface area contributed by atoms with E-state index in [-0.39, 0.29) is 11.9 Å². The van der Waals surface area contributed by atoms with E-state index in [9.17, 15) is 4.79 Å². The van der Waals surface area contributed by atoms with Gasteiger partial charge in [-0.3, -0.25) is 4.79 Å². The molecule has 5 heteroatoms. The van der Waals surface area contributed by atoms with E-state index in [1.54, 1.807) is 18.4 Å². The number of carbonyl (C=O) groups is 1. The van der Waals surface area contributed by atoms with Crippen molar-refractivity contribution in [1.82, 2.24) is 5.32 Å². The van der Waals surface area contributed by atoms with Crippen LogP contribution in [-0.2, 0) is 0 Å². The maximum absolute atomic E-state index is 11.7. The molecule has 0 saturated heterocycles. The first-order chi connectivity index (χ1) is 7.00. The van der Waals surface area contributed by atoms with Crippen LogP contribution in [0.4, 0.5) is 0 Å². The third-order valence-electron chi connectivity index (χ3n) is 1.90. The topological polar surface area (TPSA) is 49.3 Å². The van der Waals surface area contributed by atoms with Gasteiger partial charge >= 0.3 is 0 Å². The summed E-state index contributed by atoms with van der Waals surface area (Å²) in [6.07, 6.45) is 0.119. The Balaban J connectivity index is 2.53. The monoisotopic (exact) mass is 247 g/mol. The molecule has 1 aromatic heterocycles. The second kappa shape index (κ2) is 5.49. The standard InChI is InChI=1S/C10H14ClNO2S/c1-6(5-7(2)13)12-10(14)9-8(11)3-4-15-9/h3-4,6-7,13H,5H2,1-2H3,(H,12,14). The minimum Gasteiger partial charge on any atom is -0.393 e. The number of aliphatic hydroxyl groups excluding tert-OH is 1. The molecule has 2 N–H and O–H groups in total. The summed E-state index contributed by atoms with van der Waals surface area (Å²) in [4.78, 5) is 12.2. The maximum Gasteiger partial charge on any atom is 0.263 e. The molecule has 84 valence electrons. The Morgan fingerprint density at radius 2 is 2.33 bits per heavy atom. The van der Waals surface area contributed by atoms with Crippen LogP contribution in [0.2, 0.25) is 5.02 Å². The van der Waals surface area contributed by atoms with Gasteiger partial charge in [0.2, 0.25) is 0 Å². The molecule has 1 amide bonds. The van der Waals surface area contributed by atoms with Gasteiger partial charge in [-0.1, -0.05) is 11.6 Å². The molecule has 15 heavy (non-hydrogen) atoms. The van der Waals surface area contributed by atoms with E-state index >= 15 is 0 Å². The van der Waals surface area contributed by atoms with Gasteiger partial charge in [0.05, 0.1) is 11.1 Å². The molecule has 0 aliphatic carbocycles. The Hall–Kier alpha value is -0.580. The Morgan fingerprint density at radius 3 is 2.80 bits per heavy atom. The zero-order chi connectivity index (χ0) is 11.4. The highest BCUT2D eigenvalue weighted by Gasteiger charge is 2.15. The summed E-state index contributed by atoms with van der Waals surface area (Å²) in [6.45, 7) is 3.55. The molecule has 0 aromatic carbocycles. The number of halogens is 1. The predicted molar refractivity (Wildman–Crippen MR) is 62.6 cm³/mol. The van der Waals surface area contributed by atoms with Crippen LogP contribution >= 0.6 is 22.9 Å². The van der Waals surface area contributed by atoms with Gasteiger partial charge in [0.15, 0.2) is 0 Å². The van der Waals surface area contributed by atoms with Crippen LogP contribution in [0.1, 0.15) is 29.9 Å². The van der Waals surface area contributed by atoms with Crippen LogP contribution in [-0.4, -0.2) is 23.2 Å². The average Bonchev–Trinajstić information content (AvgIpc) is 2.49. The van der Waals surface area contributed by atoms with Crippen LogP contribution in [0.25, 0.3) is 0 Å². The van der Waals surface area contributed by atoms with E-state index in [1.807, 2.05) is 6.92 Å². The molecule has 0 bridgehead atoms. The van der Waals surface area contributed by atoms with E-state index in [0.29, 0.717) is 16.3 Å². The SMILES string of the molecule is CC(O)CC(C)NC(=O)c1sccc1Cl. The van der Waals surface area contributed by atoms with Gasteiger partial charge < -0.3 is 10.4 Å². The molecule has 0 aliphatic heterocycles. The smallest absolute Gasteiger partial charge is 0.263 e. The third kappa shape index (κ3) is 3.81. The van der Waals surface area contributed by atoms with E-state index in [0.717, 1.165) is 0 Å². The molecule has 0 fully saturated rings. The molecular weight excluding hydrogens is 234 g/mol. The Bertz CT molecular complexity index is 338. The van der Waals surface area contributed by atoms with Crippen molar-refractivity contribution >= 4 is 28.8 Å². The number of aliphatic hydroxyl groups is 1. The fourth-order valence-corrected chi connectivity index (χ4v) is 2.36. The average molecular weight is 248 g/mol. The second-order valence-corrected chi connectivity index (χ2v) is 4.88. The molecule has 1 aromatic rings. The van der Waals surface area contributed by atoms with Gasteiger partial charge in [-0.25, -0.2) is 0 Å². The van der Waals surface area contributed by atoms with Crippen molar-refractivity contribution in [2.75, 3.05) is 0 Å². The molecule has 2 atom stereocenters. The number of amides is 1. The van der Waals surface area contributed by atoms with E-state index in [2.05, 4.69) is 5.32 Å². The van der Waals surface area contributed by atoms with Crippen molar-refractivity contribution in [3.05, 3.63) is 21.3 Å². The summed E-state index contributed by atoms with van der Waals surface area (Å²) >= 11 is 7.14. The third-order valence-corrected chi connectivity index (χ3v) is 3.24. The fourth-order valence-electron chi connectivity index (χ4n) is 1.32. The minimum atomic E-state index is -0.417. The zero-order valence-electron chi connectivity index (χ0n) is 8.66. The highest BCUT2D eigenvalue weighted by Crippen LogP contribution is 2.21. The number of thiophene rings is 1. The molecule has 1 rings (SSSR count). The number of hydrogen-bond donors (Lipinski definition) is 2. The lowest BCUT2D eigenvalue weighted by Crippen LogP contribution is -2.34. The van der Waals surface area contributed by atoms with Gasteiger partial charge in [0.1, 0.15) is 4.88 Å². The van der Waals surface area contributed by atoms with Crippen molar-refractivity contribution in [3.8, 4) is 0 Å². The van der Waals surface area contributed by atoms with Crippen LogP contribution in [0.5, 0.6) is 0 Å². The molecule has 0 aliphatic rings. The fraction of sp³-hybridized carbons (Fsp3) is 0.500. The maximum atomic E-state index is 11.7. The number of rotatable bonds is 4. The molecular formula is C10H14ClNO2S. The summed E-state index contributed by atoms with van der Waals surface area (Å²) in [6, 6.07) is 1.64. The molecule has 1 heterocycles. The lowest BCUT2D eigenvalue weighted by molar-refractivity contribution is 0.0927. The normalized spacial score (nSPS) is 14.7. The Morgan fingerprint density at radius 1 is 1.67 bits per heavy atom. The van der Waals surface area contributed by atoms with Crippen molar-refractivity contribution in [2.45, 2.75) is 32.4 Å². The Kier molecular flexibility index (Phi) is 4.57.